The first kappa shape index (κ1) is 14.2. The van der Waals surface area contributed by atoms with E-state index in [2.05, 4.69) is 5.16 Å². The van der Waals surface area contributed by atoms with E-state index in [1.54, 1.807) is 19.2 Å². The van der Waals surface area contributed by atoms with Gasteiger partial charge in [-0.3, -0.25) is 0 Å². The van der Waals surface area contributed by atoms with E-state index < -0.39 is 5.97 Å². The van der Waals surface area contributed by atoms with Crippen LogP contribution in [0.25, 0.3) is 0 Å². The van der Waals surface area contributed by atoms with Crippen LogP contribution in [0.2, 0.25) is 0 Å². The molecule has 0 saturated carbocycles. The lowest BCUT2D eigenvalue weighted by atomic mass is 10.0. The molecule has 1 aromatic carbocycles. The van der Waals surface area contributed by atoms with Gasteiger partial charge in [0.1, 0.15) is 17.6 Å². The number of hydrogen-bond donors (Lipinski definition) is 0. The first-order valence-electron chi connectivity index (χ1n) is 6.84. The Hall–Kier alpha value is -2.76. The predicted molar refractivity (Wildman–Crippen MR) is 78.4 cm³/mol. The number of fused-ring (bicyclic) bond motifs is 1. The highest BCUT2D eigenvalue weighted by atomic mass is 16.7. The van der Waals surface area contributed by atoms with Gasteiger partial charge >= 0.3 is 5.97 Å². The van der Waals surface area contributed by atoms with E-state index in [0.29, 0.717) is 23.6 Å². The van der Waals surface area contributed by atoms with Crippen molar-refractivity contribution in [2.75, 3.05) is 7.11 Å². The smallest absolute Gasteiger partial charge is 0.400 e. The number of carbonyl (C=O) groups excluding carboxylic acids is 1. The summed E-state index contributed by atoms with van der Waals surface area (Å²) in [4.78, 5) is 16.7. The van der Waals surface area contributed by atoms with E-state index in [9.17, 15) is 4.79 Å². The number of furan rings is 1. The minimum atomic E-state index is -0.633. The Balaban J connectivity index is 1.85. The molecule has 6 nitrogen and oxygen atoms in total. The lowest BCUT2D eigenvalue weighted by Gasteiger charge is -2.24. The molecular weight excluding hydrogens is 286 g/mol. The lowest BCUT2D eigenvalue weighted by Crippen LogP contribution is -2.25. The number of rotatable bonds is 3. The van der Waals surface area contributed by atoms with Gasteiger partial charge in [0, 0.05) is 18.1 Å². The molecule has 0 N–H and O–H groups in total. The number of oxime groups is 1. The summed E-state index contributed by atoms with van der Waals surface area (Å²) < 4.78 is 15.9. The van der Waals surface area contributed by atoms with Crippen molar-refractivity contribution in [2.45, 2.75) is 19.4 Å². The van der Waals surface area contributed by atoms with Gasteiger partial charge in [-0.05, 0) is 31.2 Å². The van der Waals surface area contributed by atoms with Crippen LogP contribution in [0.1, 0.15) is 29.5 Å². The van der Waals surface area contributed by atoms with Gasteiger partial charge in [-0.2, -0.15) is 0 Å². The molecule has 1 aromatic heterocycles. The average molecular weight is 301 g/mol. The largest absolute Gasteiger partial charge is 0.497 e. The Morgan fingerprint density at radius 2 is 2.23 bits per heavy atom. The maximum Gasteiger partial charge on any atom is 0.400 e. The highest BCUT2D eigenvalue weighted by molar-refractivity contribution is 6.04. The Labute approximate surface area is 127 Å². The molecule has 2 aromatic rings. The molecule has 1 atom stereocenters. The molecular formula is C16H15NO5. The minimum absolute atomic E-state index is 0.0688. The molecule has 0 bridgehead atoms. The summed E-state index contributed by atoms with van der Waals surface area (Å²) in [6.07, 6.45) is 1.88. The third kappa shape index (κ3) is 2.81. The molecule has 0 unspecified atom stereocenters. The van der Waals surface area contributed by atoms with Crippen molar-refractivity contribution in [3.8, 4) is 11.5 Å². The number of methoxy groups -OCH3 is 1. The van der Waals surface area contributed by atoms with Crippen LogP contribution in [-0.2, 0) is 4.84 Å². The van der Waals surface area contributed by atoms with Crippen molar-refractivity contribution in [3.05, 3.63) is 47.9 Å². The summed E-state index contributed by atoms with van der Waals surface area (Å²) in [6.45, 7) is 1.92. The molecule has 1 aliphatic rings. The van der Waals surface area contributed by atoms with E-state index >= 15 is 0 Å². The quantitative estimate of drug-likeness (QED) is 0.643. The molecule has 0 amide bonds. The predicted octanol–water partition coefficient (Wildman–Crippen LogP) is 3.02. The van der Waals surface area contributed by atoms with Gasteiger partial charge in [-0.25, -0.2) is 4.79 Å². The molecule has 1 aliphatic heterocycles. The number of carbonyl (C=O) groups is 1. The average Bonchev–Trinajstić information content (AvgIpc) is 3.05. The second-order valence-electron chi connectivity index (χ2n) is 4.89. The number of benzene rings is 1. The fourth-order valence-electron chi connectivity index (χ4n) is 2.23. The molecule has 0 aliphatic carbocycles. The zero-order valence-electron chi connectivity index (χ0n) is 12.2. The standard InChI is InChI=1S/C16H15NO5/c1-10-8-13(17-22-16(18)14-4-3-7-20-14)12-6-5-11(19-2)9-15(12)21-10/h3-7,9-10H,8H2,1-2H3/b17-13+/t10-/m0/s1. The van der Waals surface area contributed by atoms with E-state index in [1.165, 1.54) is 12.3 Å². The van der Waals surface area contributed by atoms with Crippen molar-refractivity contribution in [1.29, 1.82) is 0 Å². The van der Waals surface area contributed by atoms with Crippen LogP contribution in [0.4, 0.5) is 0 Å². The second kappa shape index (κ2) is 5.93. The lowest BCUT2D eigenvalue weighted by molar-refractivity contribution is 0.0476. The van der Waals surface area contributed by atoms with Gasteiger partial charge in [-0.15, -0.1) is 0 Å². The highest BCUT2D eigenvalue weighted by Crippen LogP contribution is 2.31. The van der Waals surface area contributed by atoms with Crippen LogP contribution >= 0.6 is 0 Å². The van der Waals surface area contributed by atoms with Crippen molar-refractivity contribution < 1.29 is 23.5 Å². The van der Waals surface area contributed by atoms with Crippen molar-refractivity contribution >= 4 is 11.7 Å². The zero-order chi connectivity index (χ0) is 15.5. The second-order valence-corrected chi connectivity index (χ2v) is 4.89. The van der Waals surface area contributed by atoms with Crippen molar-refractivity contribution in [1.82, 2.24) is 0 Å². The molecule has 0 fully saturated rings. The Morgan fingerprint density at radius 3 is 2.95 bits per heavy atom. The third-order valence-corrected chi connectivity index (χ3v) is 3.27. The molecule has 0 saturated heterocycles. The minimum Gasteiger partial charge on any atom is -0.497 e. The van der Waals surface area contributed by atoms with Crippen molar-refractivity contribution in [3.63, 3.8) is 0 Å². The van der Waals surface area contributed by atoms with E-state index in [4.69, 9.17) is 18.7 Å². The molecule has 0 radical (unpaired) electrons. The van der Waals surface area contributed by atoms with Gasteiger partial charge in [0.15, 0.2) is 0 Å². The van der Waals surface area contributed by atoms with Gasteiger partial charge in [0.05, 0.1) is 19.1 Å². The fraction of sp³-hybridized carbons (Fsp3) is 0.250. The van der Waals surface area contributed by atoms with Crippen LogP contribution < -0.4 is 9.47 Å². The third-order valence-electron chi connectivity index (χ3n) is 3.27. The fourth-order valence-corrected chi connectivity index (χ4v) is 2.23. The molecule has 114 valence electrons. The van der Waals surface area contributed by atoms with Crippen LogP contribution in [0.3, 0.4) is 0 Å². The molecule has 6 heteroatoms. The number of ether oxygens (including phenoxy) is 2. The number of hydrogen-bond acceptors (Lipinski definition) is 6. The summed E-state index contributed by atoms with van der Waals surface area (Å²) in [5, 5.41) is 3.97. The van der Waals surface area contributed by atoms with Gasteiger partial charge < -0.3 is 18.7 Å². The van der Waals surface area contributed by atoms with Crippen LogP contribution in [0.5, 0.6) is 11.5 Å². The van der Waals surface area contributed by atoms with Crippen LogP contribution in [0.15, 0.2) is 46.2 Å². The maximum absolute atomic E-state index is 11.8. The molecule has 22 heavy (non-hydrogen) atoms. The Morgan fingerprint density at radius 1 is 1.36 bits per heavy atom. The summed E-state index contributed by atoms with van der Waals surface area (Å²) in [5.74, 6) is 0.830. The molecule has 0 spiro atoms. The summed E-state index contributed by atoms with van der Waals surface area (Å²) in [6, 6.07) is 8.56. The normalized spacial score (nSPS) is 18.5. The van der Waals surface area contributed by atoms with Gasteiger partial charge in [0.25, 0.3) is 0 Å². The van der Waals surface area contributed by atoms with E-state index in [1.807, 2.05) is 19.1 Å². The van der Waals surface area contributed by atoms with E-state index in [-0.39, 0.29) is 11.9 Å². The van der Waals surface area contributed by atoms with Gasteiger partial charge in [-0.1, -0.05) is 5.16 Å². The summed E-state index contributed by atoms with van der Waals surface area (Å²) in [7, 11) is 1.59. The molecule has 2 heterocycles. The van der Waals surface area contributed by atoms with Crippen LogP contribution in [-0.4, -0.2) is 24.9 Å². The number of nitrogens with zero attached hydrogens (tertiary/aromatic N) is 1. The van der Waals surface area contributed by atoms with Crippen molar-refractivity contribution in [2.24, 2.45) is 5.16 Å². The first-order chi connectivity index (χ1) is 10.7. The maximum atomic E-state index is 11.8. The highest BCUT2D eigenvalue weighted by Gasteiger charge is 2.24. The Bertz CT molecular complexity index is 705. The summed E-state index contributed by atoms with van der Waals surface area (Å²) in [5.41, 5.74) is 1.43. The van der Waals surface area contributed by atoms with E-state index in [0.717, 1.165) is 5.56 Å². The summed E-state index contributed by atoms with van der Waals surface area (Å²) >= 11 is 0. The Kier molecular flexibility index (Phi) is 3.82. The molecule has 3 rings (SSSR count). The zero-order valence-corrected chi connectivity index (χ0v) is 12.2. The topological polar surface area (TPSA) is 70.3 Å². The monoisotopic (exact) mass is 301 g/mol. The SMILES string of the molecule is COc1ccc2c(c1)O[C@@H](C)C/C2=N\OC(=O)c1ccco1. The first-order valence-corrected chi connectivity index (χ1v) is 6.84. The van der Waals surface area contributed by atoms with Gasteiger partial charge in [0.2, 0.25) is 5.76 Å². The van der Waals surface area contributed by atoms with Crippen LogP contribution in [0, 0.1) is 0 Å².